The molecule has 1 aromatic carbocycles. The summed E-state index contributed by atoms with van der Waals surface area (Å²) >= 11 is 0. The number of aromatic nitrogens is 4. The van der Waals surface area contributed by atoms with E-state index in [1.807, 2.05) is 17.5 Å². The standard InChI is InChI=1S/C18H21N5/c1-13(22-8-3-4-9-22)15-6-5-7-16(10-15)17-11-19-18-21-20-14(2)23(18)12-17/h5-7,10-13H,3-4,8-9H2,1-2H3. The highest BCUT2D eigenvalue weighted by molar-refractivity contribution is 5.63. The van der Waals surface area contributed by atoms with Gasteiger partial charge < -0.3 is 0 Å². The van der Waals surface area contributed by atoms with E-state index in [2.05, 4.69) is 57.5 Å². The van der Waals surface area contributed by atoms with Crippen LogP contribution >= 0.6 is 0 Å². The first-order chi connectivity index (χ1) is 11.2. The summed E-state index contributed by atoms with van der Waals surface area (Å²) in [5.41, 5.74) is 3.65. The van der Waals surface area contributed by atoms with Gasteiger partial charge in [0.2, 0.25) is 0 Å². The summed E-state index contributed by atoms with van der Waals surface area (Å²) in [6.07, 6.45) is 6.58. The van der Waals surface area contributed by atoms with Crippen LogP contribution < -0.4 is 0 Å². The molecular formula is C18H21N5. The molecule has 4 rings (SSSR count). The minimum atomic E-state index is 0.464. The molecule has 0 saturated carbocycles. The molecule has 1 aliphatic rings. The summed E-state index contributed by atoms with van der Waals surface area (Å²) in [5.74, 6) is 1.50. The highest BCUT2D eigenvalue weighted by atomic mass is 15.3. The number of likely N-dealkylation sites (tertiary alicyclic amines) is 1. The Bertz CT molecular complexity index is 832. The van der Waals surface area contributed by atoms with Crippen LogP contribution in [0.2, 0.25) is 0 Å². The molecule has 0 bridgehead atoms. The SMILES string of the molecule is Cc1nnc2ncc(-c3cccc(C(C)N4CCCC4)c3)cn12. The Morgan fingerprint density at radius 2 is 1.91 bits per heavy atom. The zero-order chi connectivity index (χ0) is 15.8. The Kier molecular flexibility index (Phi) is 3.58. The van der Waals surface area contributed by atoms with Crippen LogP contribution in [-0.4, -0.2) is 37.6 Å². The second-order valence-electron chi connectivity index (χ2n) is 6.30. The summed E-state index contributed by atoms with van der Waals surface area (Å²) in [6, 6.07) is 9.25. The first-order valence-electron chi connectivity index (χ1n) is 8.24. The minimum Gasteiger partial charge on any atom is -0.297 e. The third-order valence-electron chi connectivity index (χ3n) is 4.83. The smallest absolute Gasteiger partial charge is 0.254 e. The quantitative estimate of drug-likeness (QED) is 0.745. The normalized spacial score (nSPS) is 17.0. The molecule has 0 aliphatic carbocycles. The van der Waals surface area contributed by atoms with Crippen molar-refractivity contribution in [1.82, 2.24) is 24.5 Å². The van der Waals surface area contributed by atoms with Crippen LogP contribution in [0.15, 0.2) is 36.7 Å². The van der Waals surface area contributed by atoms with Gasteiger partial charge in [0.15, 0.2) is 0 Å². The second-order valence-corrected chi connectivity index (χ2v) is 6.30. The minimum absolute atomic E-state index is 0.464. The zero-order valence-corrected chi connectivity index (χ0v) is 13.6. The molecule has 1 aliphatic heterocycles. The summed E-state index contributed by atoms with van der Waals surface area (Å²) < 4.78 is 1.94. The maximum atomic E-state index is 4.41. The van der Waals surface area contributed by atoms with Crippen molar-refractivity contribution in [2.75, 3.05) is 13.1 Å². The molecule has 5 nitrogen and oxygen atoms in total. The molecule has 2 aromatic heterocycles. The van der Waals surface area contributed by atoms with Gasteiger partial charge in [-0.2, -0.15) is 0 Å². The molecule has 3 heterocycles. The van der Waals surface area contributed by atoms with Gasteiger partial charge in [0.05, 0.1) is 0 Å². The van der Waals surface area contributed by atoms with Gasteiger partial charge in [-0.1, -0.05) is 18.2 Å². The van der Waals surface area contributed by atoms with Gasteiger partial charge in [0.25, 0.3) is 5.78 Å². The Labute approximate surface area is 136 Å². The van der Waals surface area contributed by atoms with Crippen LogP contribution in [0.3, 0.4) is 0 Å². The lowest BCUT2D eigenvalue weighted by Crippen LogP contribution is -2.23. The number of fused-ring (bicyclic) bond motifs is 1. The molecule has 1 saturated heterocycles. The Morgan fingerprint density at radius 3 is 2.74 bits per heavy atom. The Morgan fingerprint density at radius 1 is 1.09 bits per heavy atom. The molecule has 0 amide bonds. The first-order valence-corrected chi connectivity index (χ1v) is 8.24. The van der Waals surface area contributed by atoms with Crippen molar-refractivity contribution in [3.8, 4) is 11.1 Å². The van der Waals surface area contributed by atoms with Crippen molar-refractivity contribution in [3.63, 3.8) is 0 Å². The maximum absolute atomic E-state index is 4.41. The first kappa shape index (κ1) is 14.3. The van der Waals surface area contributed by atoms with E-state index in [1.54, 1.807) is 0 Å². The second kappa shape index (κ2) is 5.74. The average molecular weight is 307 g/mol. The summed E-state index contributed by atoms with van der Waals surface area (Å²) in [6.45, 7) is 6.66. The molecule has 0 spiro atoms. The number of rotatable bonds is 3. The van der Waals surface area contributed by atoms with Crippen molar-refractivity contribution in [3.05, 3.63) is 48.0 Å². The topological polar surface area (TPSA) is 46.3 Å². The number of hydrogen-bond donors (Lipinski definition) is 0. The Balaban J connectivity index is 1.70. The fraction of sp³-hybridized carbons (Fsp3) is 0.389. The van der Waals surface area contributed by atoms with Crippen LogP contribution in [0.5, 0.6) is 0 Å². The van der Waals surface area contributed by atoms with E-state index in [9.17, 15) is 0 Å². The van der Waals surface area contributed by atoms with E-state index in [0.29, 0.717) is 11.8 Å². The molecule has 0 N–H and O–H groups in total. The van der Waals surface area contributed by atoms with Crippen molar-refractivity contribution in [2.24, 2.45) is 0 Å². The van der Waals surface area contributed by atoms with Crippen molar-refractivity contribution in [2.45, 2.75) is 32.7 Å². The number of aryl methyl sites for hydroxylation is 1. The molecule has 118 valence electrons. The van der Waals surface area contributed by atoms with Crippen LogP contribution in [0.25, 0.3) is 16.9 Å². The molecular weight excluding hydrogens is 286 g/mol. The molecule has 1 atom stereocenters. The van der Waals surface area contributed by atoms with E-state index in [1.165, 1.54) is 37.1 Å². The maximum Gasteiger partial charge on any atom is 0.254 e. The fourth-order valence-corrected chi connectivity index (χ4v) is 3.36. The highest BCUT2D eigenvalue weighted by Gasteiger charge is 2.19. The van der Waals surface area contributed by atoms with Crippen LogP contribution in [0.1, 0.15) is 37.2 Å². The Hall–Kier alpha value is -2.27. The van der Waals surface area contributed by atoms with Gasteiger partial charge in [-0.15, -0.1) is 10.2 Å². The van der Waals surface area contributed by atoms with E-state index in [4.69, 9.17) is 0 Å². The number of hydrogen-bond acceptors (Lipinski definition) is 4. The van der Waals surface area contributed by atoms with E-state index in [0.717, 1.165) is 11.4 Å². The summed E-state index contributed by atoms with van der Waals surface area (Å²) in [7, 11) is 0. The van der Waals surface area contributed by atoms with Crippen LogP contribution in [-0.2, 0) is 0 Å². The van der Waals surface area contributed by atoms with Crippen LogP contribution in [0, 0.1) is 6.92 Å². The van der Waals surface area contributed by atoms with E-state index in [-0.39, 0.29) is 0 Å². The number of nitrogens with zero attached hydrogens (tertiary/aromatic N) is 5. The van der Waals surface area contributed by atoms with Gasteiger partial charge in [0.1, 0.15) is 5.82 Å². The van der Waals surface area contributed by atoms with Crippen molar-refractivity contribution in [1.29, 1.82) is 0 Å². The van der Waals surface area contributed by atoms with Crippen molar-refractivity contribution >= 4 is 5.78 Å². The predicted molar refractivity (Wildman–Crippen MR) is 90.2 cm³/mol. The third-order valence-corrected chi connectivity index (χ3v) is 4.83. The van der Waals surface area contributed by atoms with Crippen molar-refractivity contribution < 1.29 is 0 Å². The summed E-state index contributed by atoms with van der Waals surface area (Å²) in [4.78, 5) is 6.97. The zero-order valence-electron chi connectivity index (χ0n) is 13.6. The van der Waals surface area contributed by atoms with Gasteiger partial charge in [-0.05, 0) is 57.0 Å². The van der Waals surface area contributed by atoms with E-state index < -0.39 is 0 Å². The predicted octanol–water partition coefficient (Wildman–Crippen LogP) is 3.26. The van der Waals surface area contributed by atoms with Gasteiger partial charge in [-0.3, -0.25) is 9.30 Å². The molecule has 1 unspecified atom stereocenters. The molecule has 5 heteroatoms. The van der Waals surface area contributed by atoms with Crippen LogP contribution in [0.4, 0.5) is 0 Å². The lowest BCUT2D eigenvalue weighted by molar-refractivity contribution is 0.263. The monoisotopic (exact) mass is 307 g/mol. The largest absolute Gasteiger partial charge is 0.297 e. The van der Waals surface area contributed by atoms with Gasteiger partial charge >= 0.3 is 0 Å². The lowest BCUT2D eigenvalue weighted by Gasteiger charge is -2.24. The molecule has 0 radical (unpaired) electrons. The molecule has 23 heavy (non-hydrogen) atoms. The molecule has 1 fully saturated rings. The lowest BCUT2D eigenvalue weighted by atomic mass is 10.0. The van der Waals surface area contributed by atoms with Gasteiger partial charge in [-0.25, -0.2) is 4.98 Å². The average Bonchev–Trinajstić information content (AvgIpc) is 3.25. The fourth-order valence-electron chi connectivity index (χ4n) is 3.36. The molecule has 3 aromatic rings. The summed E-state index contributed by atoms with van der Waals surface area (Å²) in [5, 5.41) is 8.12. The van der Waals surface area contributed by atoms with E-state index >= 15 is 0 Å². The van der Waals surface area contributed by atoms with Gasteiger partial charge in [0, 0.05) is 24.0 Å². The highest BCUT2D eigenvalue weighted by Crippen LogP contribution is 2.28. The third kappa shape index (κ3) is 2.61. The number of benzene rings is 1.